The second-order valence-corrected chi connectivity index (χ2v) is 5.01. The van der Waals surface area contributed by atoms with E-state index in [4.69, 9.17) is 0 Å². The summed E-state index contributed by atoms with van der Waals surface area (Å²) in [6, 6.07) is 12.0. The summed E-state index contributed by atoms with van der Waals surface area (Å²) >= 11 is 0. The molecule has 21 heavy (non-hydrogen) atoms. The van der Waals surface area contributed by atoms with Crippen LogP contribution in [0.5, 0.6) is 0 Å². The van der Waals surface area contributed by atoms with Gasteiger partial charge in [0.1, 0.15) is 5.65 Å². The number of hydrogen-bond donors (Lipinski definition) is 1. The van der Waals surface area contributed by atoms with E-state index in [0.717, 1.165) is 29.0 Å². The van der Waals surface area contributed by atoms with Crippen LogP contribution >= 0.6 is 12.4 Å². The van der Waals surface area contributed by atoms with Gasteiger partial charge in [0.15, 0.2) is 0 Å². The maximum atomic E-state index is 11.4. The van der Waals surface area contributed by atoms with E-state index in [1.807, 2.05) is 47.1 Å². The van der Waals surface area contributed by atoms with Gasteiger partial charge in [0.25, 0.3) is 0 Å². The van der Waals surface area contributed by atoms with Crippen molar-refractivity contribution in [3.8, 4) is 11.3 Å². The van der Waals surface area contributed by atoms with Crippen LogP contribution < -0.4 is 5.32 Å². The molecule has 2 aromatic heterocycles. The van der Waals surface area contributed by atoms with Crippen molar-refractivity contribution in [2.24, 2.45) is 0 Å². The molecule has 3 aromatic rings. The van der Waals surface area contributed by atoms with E-state index in [1.54, 1.807) is 0 Å². The number of carbonyl (C=O) groups is 1. The first-order valence-corrected chi connectivity index (χ1v) is 6.66. The third kappa shape index (κ3) is 2.38. The fourth-order valence-electron chi connectivity index (χ4n) is 2.62. The number of amides is 1. The SMILES string of the molecule is Cl.O=C1CCc2cc(-c3cn4ccccc4n3)ccc2N1. The highest BCUT2D eigenvalue weighted by Gasteiger charge is 2.15. The highest BCUT2D eigenvalue weighted by Crippen LogP contribution is 2.28. The van der Waals surface area contributed by atoms with Crippen LogP contribution in [0.15, 0.2) is 48.8 Å². The summed E-state index contributed by atoms with van der Waals surface area (Å²) in [6.07, 6.45) is 5.37. The van der Waals surface area contributed by atoms with Gasteiger partial charge in [-0.15, -0.1) is 12.4 Å². The van der Waals surface area contributed by atoms with Gasteiger partial charge in [-0.1, -0.05) is 12.1 Å². The maximum absolute atomic E-state index is 11.4. The van der Waals surface area contributed by atoms with Crippen molar-refractivity contribution in [1.29, 1.82) is 0 Å². The Morgan fingerprint density at radius 1 is 1.14 bits per heavy atom. The monoisotopic (exact) mass is 299 g/mol. The topological polar surface area (TPSA) is 46.4 Å². The zero-order valence-electron chi connectivity index (χ0n) is 11.2. The number of benzene rings is 1. The number of fused-ring (bicyclic) bond motifs is 2. The maximum Gasteiger partial charge on any atom is 0.224 e. The van der Waals surface area contributed by atoms with E-state index >= 15 is 0 Å². The van der Waals surface area contributed by atoms with E-state index in [-0.39, 0.29) is 18.3 Å². The standard InChI is InChI=1S/C16H13N3O.ClH/c20-16-7-5-11-9-12(4-6-13(11)18-16)14-10-19-8-2-1-3-15(19)17-14;/h1-4,6,8-10H,5,7H2,(H,18,20);1H. The van der Waals surface area contributed by atoms with Gasteiger partial charge in [0, 0.05) is 30.1 Å². The number of aromatic nitrogens is 2. The van der Waals surface area contributed by atoms with Crippen LogP contribution in [-0.2, 0) is 11.2 Å². The van der Waals surface area contributed by atoms with Crippen molar-refractivity contribution in [2.75, 3.05) is 5.32 Å². The lowest BCUT2D eigenvalue weighted by molar-refractivity contribution is -0.116. The van der Waals surface area contributed by atoms with Gasteiger partial charge >= 0.3 is 0 Å². The molecule has 0 saturated carbocycles. The molecule has 1 aliphatic rings. The Bertz CT molecular complexity index is 792. The predicted octanol–water partition coefficient (Wildman–Crippen LogP) is 3.31. The Morgan fingerprint density at radius 2 is 2.05 bits per heavy atom. The minimum Gasteiger partial charge on any atom is -0.326 e. The van der Waals surface area contributed by atoms with Crippen LogP contribution in [0.1, 0.15) is 12.0 Å². The van der Waals surface area contributed by atoms with Crippen molar-refractivity contribution in [1.82, 2.24) is 9.38 Å². The molecule has 1 aliphatic heterocycles. The molecule has 1 aromatic carbocycles. The summed E-state index contributed by atoms with van der Waals surface area (Å²) in [5.41, 5.74) is 5.08. The van der Waals surface area contributed by atoms with Crippen LogP contribution in [0.2, 0.25) is 0 Å². The highest BCUT2D eigenvalue weighted by atomic mass is 35.5. The van der Waals surface area contributed by atoms with Crippen molar-refractivity contribution in [3.63, 3.8) is 0 Å². The quantitative estimate of drug-likeness (QED) is 0.749. The van der Waals surface area contributed by atoms with E-state index in [0.29, 0.717) is 6.42 Å². The Balaban J connectivity index is 0.00000132. The molecule has 4 rings (SSSR count). The number of halogens is 1. The normalized spacial score (nSPS) is 13.4. The molecular weight excluding hydrogens is 286 g/mol. The number of imidazole rings is 1. The van der Waals surface area contributed by atoms with Gasteiger partial charge in [-0.25, -0.2) is 4.98 Å². The summed E-state index contributed by atoms with van der Waals surface area (Å²) in [6.45, 7) is 0. The van der Waals surface area contributed by atoms with E-state index < -0.39 is 0 Å². The summed E-state index contributed by atoms with van der Waals surface area (Å²) in [5.74, 6) is 0.0954. The summed E-state index contributed by atoms with van der Waals surface area (Å²) < 4.78 is 2.01. The van der Waals surface area contributed by atoms with Gasteiger partial charge in [0.05, 0.1) is 5.69 Å². The lowest BCUT2D eigenvalue weighted by Crippen LogP contribution is -2.18. The van der Waals surface area contributed by atoms with Crippen LogP contribution in [-0.4, -0.2) is 15.3 Å². The van der Waals surface area contributed by atoms with Crippen molar-refractivity contribution >= 4 is 29.6 Å². The number of pyridine rings is 1. The van der Waals surface area contributed by atoms with Crippen LogP contribution in [0.3, 0.4) is 0 Å². The second kappa shape index (κ2) is 5.22. The largest absolute Gasteiger partial charge is 0.326 e. The van der Waals surface area contributed by atoms with Gasteiger partial charge in [-0.2, -0.15) is 0 Å². The number of nitrogens with zero attached hydrogens (tertiary/aromatic N) is 2. The molecule has 3 heterocycles. The summed E-state index contributed by atoms with van der Waals surface area (Å²) in [5, 5.41) is 2.90. The zero-order valence-corrected chi connectivity index (χ0v) is 12.1. The first kappa shape index (κ1) is 13.6. The fourth-order valence-corrected chi connectivity index (χ4v) is 2.62. The molecule has 4 nitrogen and oxygen atoms in total. The molecule has 0 spiro atoms. The third-order valence-electron chi connectivity index (χ3n) is 3.66. The molecule has 1 N–H and O–H groups in total. The van der Waals surface area contributed by atoms with Crippen LogP contribution in [0, 0.1) is 0 Å². The van der Waals surface area contributed by atoms with Gasteiger partial charge < -0.3 is 9.72 Å². The molecule has 106 valence electrons. The van der Waals surface area contributed by atoms with Gasteiger partial charge in [-0.05, 0) is 36.2 Å². The Hall–Kier alpha value is -2.33. The molecule has 1 amide bonds. The van der Waals surface area contributed by atoms with Crippen molar-refractivity contribution in [3.05, 3.63) is 54.4 Å². The average molecular weight is 300 g/mol. The molecule has 0 bridgehead atoms. The number of rotatable bonds is 1. The minimum atomic E-state index is 0. The molecule has 0 atom stereocenters. The second-order valence-electron chi connectivity index (χ2n) is 5.01. The molecule has 0 aliphatic carbocycles. The number of hydrogen-bond acceptors (Lipinski definition) is 2. The van der Waals surface area contributed by atoms with E-state index in [9.17, 15) is 4.79 Å². The summed E-state index contributed by atoms with van der Waals surface area (Å²) in [7, 11) is 0. The third-order valence-corrected chi connectivity index (χ3v) is 3.66. The molecule has 0 fully saturated rings. The van der Waals surface area contributed by atoms with E-state index in [1.165, 1.54) is 5.56 Å². The molecule has 5 heteroatoms. The molecule has 0 radical (unpaired) electrons. The Morgan fingerprint density at radius 3 is 2.90 bits per heavy atom. The highest BCUT2D eigenvalue weighted by molar-refractivity contribution is 5.94. The van der Waals surface area contributed by atoms with E-state index in [2.05, 4.69) is 16.4 Å². The molecule has 0 unspecified atom stereocenters. The van der Waals surface area contributed by atoms with Gasteiger partial charge in [-0.3, -0.25) is 4.79 Å². The Kier molecular flexibility index (Phi) is 3.39. The number of nitrogens with one attached hydrogen (secondary N) is 1. The molecule has 0 saturated heterocycles. The average Bonchev–Trinajstić information content (AvgIpc) is 2.90. The first-order valence-electron chi connectivity index (χ1n) is 6.66. The molecular formula is C16H14ClN3O. The van der Waals surface area contributed by atoms with Crippen LogP contribution in [0.4, 0.5) is 5.69 Å². The lowest BCUT2D eigenvalue weighted by Gasteiger charge is -2.17. The smallest absolute Gasteiger partial charge is 0.224 e. The lowest BCUT2D eigenvalue weighted by atomic mass is 9.99. The number of aryl methyl sites for hydroxylation is 1. The first-order chi connectivity index (χ1) is 9.79. The van der Waals surface area contributed by atoms with Crippen molar-refractivity contribution in [2.45, 2.75) is 12.8 Å². The minimum absolute atomic E-state index is 0. The Labute approximate surface area is 128 Å². The zero-order chi connectivity index (χ0) is 13.5. The number of anilines is 1. The van der Waals surface area contributed by atoms with Gasteiger partial charge in [0.2, 0.25) is 5.91 Å². The van der Waals surface area contributed by atoms with Crippen LogP contribution in [0.25, 0.3) is 16.9 Å². The number of carbonyl (C=O) groups excluding carboxylic acids is 1. The summed E-state index contributed by atoms with van der Waals surface area (Å²) in [4.78, 5) is 16.0. The predicted molar refractivity (Wildman–Crippen MR) is 84.8 cm³/mol. The fraction of sp³-hybridized carbons (Fsp3) is 0.125. The van der Waals surface area contributed by atoms with Crippen molar-refractivity contribution < 1.29 is 4.79 Å².